The van der Waals surface area contributed by atoms with Gasteiger partial charge in [-0.3, -0.25) is 14.7 Å². The van der Waals surface area contributed by atoms with Gasteiger partial charge in [-0.2, -0.15) is 0 Å². The smallest absolute Gasteiger partial charge is 0.247 e. The average Bonchev–Trinajstić information content (AvgIpc) is 3.38. The lowest BCUT2D eigenvalue weighted by Crippen LogP contribution is -2.38. The number of rotatable bonds is 10. The van der Waals surface area contributed by atoms with E-state index in [4.69, 9.17) is 9.47 Å². The van der Waals surface area contributed by atoms with E-state index in [0.717, 1.165) is 54.7 Å². The maximum absolute atomic E-state index is 13.0. The number of carbonyl (C=O) groups excluding carboxylic acids is 1. The van der Waals surface area contributed by atoms with Gasteiger partial charge < -0.3 is 14.4 Å². The van der Waals surface area contributed by atoms with E-state index in [2.05, 4.69) is 9.88 Å². The lowest BCUT2D eigenvalue weighted by molar-refractivity contribution is -0.127. The lowest BCUT2D eigenvalue weighted by atomic mass is 10.2. The van der Waals surface area contributed by atoms with Gasteiger partial charge in [0.05, 0.1) is 25.5 Å². The van der Waals surface area contributed by atoms with Crippen LogP contribution in [0.2, 0.25) is 0 Å². The van der Waals surface area contributed by atoms with Gasteiger partial charge in [0.1, 0.15) is 12.4 Å². The van der Waals surface area contributed by atoms with E-state index < -0.39 is 0 Å². The first-order valence-corrected chi connectivity index (χ1v) is 12.1. The molecule has 0 atom stereocenters. The molecule has 1 aliphatic heterocycles. The second kappa shape index (κ2) is 12.3. The van der Waals surface area contributed by atoms with Gasteiger partial charge in [0.2, 0.25) is 5.91 Å². The third-order valence-corrected chi connectivity index (χ3v) is 6.21. The number of benzene rings is 1. The molecule has 6 nitrogen and oxygen atoms in total. The van der Waals surface area contributed by atoms with Crippen molar-refractivity contribution in [3.8, 4) is 5.75 Å². The summed E-state index contributed by atoms with van der Waals surface area (Å²) in [5, 5.41) is 2.00. The van der Waals surface area contributed by atoms with Crippen molar-refractivity contribution in [2.45, 2.75) is 13.1 Å². The number of morpholine rings is 1. The molecule has 0 radical (unpaired) electrons. The largest absolute Gasteiger partial charge is 0.492 e. The zero-order chi connectivity index (χ0) is 22.7. The van der Waals surface area contributed by atoms with Crippen LogP contribution in [0.4, 0.5) is 0 Å². The Kier molecular flexibility index (Phi) is 8.63. The van der Waals surface area contributed by atoms with E-state index in [1.807, 2.05) is 66.1 Å². The second-order valence-corrected chi connectivity index (χ2v) is 8.79. The van der Waals surface area contributed by atoms with Crippen LogP contribution in [-0.2, 0) is 22.6 Å². The number of hydrogen-bond donors (Lipinski definition) is 0. The molecule has 0 saturated carbocycles. The fourth-order valence-electron chi connectivity index (χ4n) is 3.62. The quantitative estimate of drug-likeness (QED) is 0.424. The molecule has 2 aromatic heterocycles. The summed E-state index contributed by atoms with van der Waals surface area (Å²) in [6.45, 7) is 5.91. The molecule has 0 aliphatic carbocycles. The van der Waals surface area contributed by atoms with Crippen LogP contribution in [0, 0.1) is 0 Å². The fourth-order valence-corrected chi connectivity index (χ4v) is 4.23. The molecule has 1 aromatic carbocycles. The Morgan fingerprint density at radius 2 is 2.03 bits per heavy atom. The maximum Gasteiger partial charge on any atom is 0.247 e. The van der Waals surface area contributed by atoms with Crippen LogP contribution in [0.3, 0.4) is 0 Å². The molecule has 1 saturated heterocycles. The number of hydrogen-bond acceptors (Lipinski definition) is 6. The van der Waals surface area contributed by atoms with Gasteiger partial charge in [-0.1, -0.05) is 24.3 Å². The van der Waals surface area contributed by atoms with Gasteiger partial charge in [0, 0.05) is 43.3 Å². The van der Waals surface area contributed by atoms with Gasteiger partial charge in [0.25, 0.3) is 0 Å². The highest BCUT2D eigenvalue weighted by Crippen LogP contribution is 2.17. The molecule has 33 heavy (non-hydrogen) atoms. The topological polar surface area (TPSA) is 54.9 Å². The van der Waals surface area contributed by atoms with Gasteiger partial charge in [-0.25, -0.2) is 0 Å². The van der Waals surface area contributed by atoms with E-state index in [1.165, 1.54) is 0 Å². The van der Waals surface area contributed by atoms with Crippen molar-refractivity contribution in [1.82, 2.24) is 14.8 Å². The van der Waals surface area contributed by atoms with Gasteiger partial charge in [0.15, 0.2) is 0 Å². The minimum absolute atomic E-state index is 0.0484. The Morgan fingerprint density at radius 1 is 1.12 bits per heavy atom. The number of pyridine rings is 1. The predicted octanol–water partition coefficient (Wildman–Crippen LogP) is 4.10. The van der Waals surface area contributed by atoms with Gasteiger partial charge in [-0.05, 0) is 47.4 Å². The summed E-state index contributed by atoms with van der Waals surface area (Å²) in [5.74, 6) is 0.771. The first-order chi connectivity index (χ1) is 16.3. The minimum atomic E-state index is -0.0484. The summed E-state index contributed by atoms with van der Waals surface area (Å²) in [5.41, 5.74) is 1.88. The first-order valence-electron chi connectivity index (χ1n) is 11.2. The minimum Gasteiger partial charge on any atom is -0.492 e. The molecule has 172 valence electrons. The first kappa shape index (κ1) is 23.2. The highest BCUT2D eigenvalue weighted by atomic mass is 32.1. The highest BCUT2D eigenvalue weighted by molar-refractivity contribution is 7.10. The molecule has 3 heterocycles. The van der Waals surface area contributed by atoms with E-state index in [-0.39, 0.29) is 5.91 Å². The van der Waals surface area contributed by atoms with Gasteiger partial charge >= 0.3 is 0 Å². The molecule has 0 spiro atoms. The normalized spacial score (nSPS) is 14.4. The Balaban J connectivity index is 1.40. The molecule has 0 bridgehead atoms. The summed E-state index contributed by atoms with van der Waals surface area (Å²) in [6.07, 6.45) is 5.25. The van der Waals surface area contributed by atoms with Crippen LogP contribution < -0.4 is 4.74 Å². The van der Waals surface area contributed by atoms with Crippen molar-refractivity contribution >= 4 is 23.3 Å². The number of amides is 1. The predicted molar refractivity (Wildman–Crippen MR) is 131 cm³/mol. The van der Waals surface area contributed by atoms with E-state index >= 15 is 0 Å². The summed E-state index contributed by atoms with van der Waals surface area (Å²) in [4.78, 5) is 22.7. The molecule has 4 rings (SSSR count). The summed E-state index contributed by atoms with van der Waals surface area (Å²) >= 11 is 1.61. The van der Waals surface area contributed by atoms with Crippen LogP contribution in [-0.4, -0.2) is 60.1 Å². The number of aromatic nitrogens is 1. The highest BCUT2D eigenvalue weighted by Gasteiger charge is 2.14. The molecule has 7 heteroatoms. The number of carbonyl (C=O) groups is 1. The Labute approximate surface area is 199 Å². The molecule has 1 fully saturated rings. The monoisotopic (exact) mass is 463 g/mol. The summed E-state index contributed by atoms with van der Waals surface area (Å²) in [7, 11) is 0. The standard InChI is InChI=1S/C26H29N3O3S/c30-26(10-9-25-8-4-18-33-25)29(21-23-6-1-2-11-27-23)20-22-5-3-7-24(19-22)32-17-14-28-12-15-31-16-13-28/h1-11,18-19H,12-17,20-21H2. The van der Waals surface area contributed by atoms with Crippen LogP contribution in [0.5, 0.6) is 5.75 Å². The van der Waals surface area contributed by atoms with Crippen molar-refractivity contribution < 1.29 is 14.3 Å². The molecule has 3 aromatic rings. The molecule has 1 aliphatic rings. The van der Waals surface area contributed by atoms with Crippen LogP contribution in [0.1, 0.15) is 16.1 Å². The van der Waals surface area contributed by atoms with E-state index in [1.54, 1.807) is 28.5 Å². The number of ether oxygens (including phenoxy) is 2. The van der Waals surface area contributed by atoms with Crippen molar-refractivity contribution in [2.75, 3.05) is 39.5 Å². The molecule has 0 unspecified atom stereocenters. The third-order valence-electron chi connectivity index (χ3n) is 5.38. The number of thiophene rings is 1. The van der Waals surface area contributed by atoms with Gasteiger partial charge in [-0.15, -0.1) is 11.3 Å². The van der Waals surface area contributed by atoms with Crippen molar-refractivity contribution in [3.05, 3.63) is 88.4 Å². The molecule has 0 N–H and O–H groups in total. The average molecular weight is 464 g/mol. The maximum atomic E-state index is 13.0. The van der Waals surface area contributed by atoms with Crippen molar-refractivity contribution in [3.63, 3.8) is 0 Å². The molecular weight excluding hydrogens is 434 g/mol. The summed E-state index contributed by atoms with van der Waals surface area (Å²) < 4.78 is 11.4. The van der Waals surface area contributed by atoms with Crippen molar-refractivity contribution in [1.29, 1.82) is 0 Å². The van der Waals surface area contributed by atoms with Crippen LogP contribution >= 0.6 is 11.3 Å². The summed E-state index contributed by atoms with van der Waals surface area (Å²) in [6, 6.07) is 17.7. The Morgan fingerprint density at radius 3 is 2.82 bits per heavy atom. The SMILES string of the molecule is O=C(C=Cc1cccs1)N(Cc1cccc(OCCN2CCOCC2)c1)Cc1ccccn1. The number of nitrogens with zero attached hydrogens (tertiary/aromatic N) is 3. The molecule has 1 amide bonds. The third kappa shape index (κ3) is 7.53. The van der Waals surface area contributed by atoms with E-state index in [9.17, 15) is 4.79 Å². The Bertz CT molecular complexity index is 1020. The van der Waals surface area contributed by atoms with E-state index in [0.29, 0.717) is 19.7 Å². The molecular formula is C26H29N3O3S. The van der Waals surface area contributed by atoms with Crippen LogP contribution in [0.25, 0.3) is 6.08 Å². The second-order valence-electron chi connectivity index (χ2n) is 7.81. The zero-order valence-corrected chi connectivity index (χ0v) is 19.5. The van der Waals surface area contributed by atoms with Crippen LogP contribution in [0.15, 0.2) is 72.3 Å². The van der Waals surface area contributed by atoms with Crippen molar-refractivity contribution in [2.24, 2.45) is 0 Å². The zero-order valence-electron chi connectivity index (χ0n) is 18.6. The lowest BCUT2D eigenvalue weighted by Gasteiger charge is -2.26. The fraction of sp³-hybridized carbons (Fsp3) is 0.308. The Hall–Kier alpha value is -3.00.